The fourth-order valence-electron chi connectivity index (χ4n) is 0.933. The molecule has 0 nitrogen and oxygen atoms in total. The molecule has 0 heterocycles. The van der Waals surface area contributed by atoms with Gasteiger partial charge in [-0.15, -0.1) is 0 Å². The SMILES string of the molecule is CC.CCc1cccc(CF)c1. The highest BCUT2D eigenvalue weighted by Gasteiger charge is 1.91. The number of halogens is 1. The van der Waals surface area contributed by atoms with Crippen LogP contribution in [0.1, 0.15) is 31.9 Å². The Morgan fingerprint density at radius 3 is 2.25 bits per heavy atom. The van der Waals surface area contributed by atoms with Crippen molar-refractivity contribution in [1.29, 1.82) is 0 Å². The summed E-state index contributed by atoms with van der Waals surface area (Å²) in [4.78, 5) is 0. The van der Waals surface area contributed by atoms with Crippen LogP contribution in [0.3, 0.4) is 0 Å². The van der Waals surface area contributed by atoms with Crippen LogP contribution in [0.4, 0.5) is 4.39 Å². The van der Waals surface area contributed by atoms with E-state index in [1.807, 2.05) is 32.0 Å². The number of rotatable bonds is 2. The first-order valence-corrected chi connectivity index (χ1v) is 4.50. The normalized spacial score (nSPS) is 8.67. The maximum Gasteiger partial charge on any atom is 0.115 e. The minimum Gasteiger partial charge on any atom is -0.246 e. The van der Waals surface area contributed by atoms with E-state index in [2.05, 4.69) is 6.92 Å². The van der Waals surface area contributed by atoms with Crippen LogP contribution in [0, 0.1) is 0 Å². The van der Waals surface area contributed by atoms with E-state index in [-0.39, 0.29) is 6.67 Å². The molecular formula is C11H17F. The quantitative estimate of drug-likeness (QED) is 0.631. The molecule has 0 spiro atoms. The third kappa shape index (κ3) is 3.51. The van der Waals surface area contributed by atoms with E-state index >= 15 is 0 Å². The van der Waals surface area contributed by atoms with Crippen LogP contribution in [0.15, 0.2) is 24.3 Å². The van der Waals surface area contributed by atoms with E-state index in [4.69, 9.17) is 0 Å². The minimum atomic E-state index is -0.353. The Morgan fingerprint density at radius 1 is 1.17 bits per heavy atom. The summed E-state index contributed by atoms with van der Waals surface area (Å²) in [6.07, 6.45) is 0.980. The van der Waals surface area contributed by atoms with Crippen LogP contribution < -0.4 is 0 Å². The first kappa shape index (κ1) is 11.2. The lowest BCUT2D eigenvalue weighted by molar-refractivity contribution is 0.485. The smallest absolute Gasteiger partial charge is 0.115 e. The maximum atomic E-state index is 12.0. The summed E-state index contributed by atoms with van der Waals surface area (Å²) in [5, 5.41) is 0. The summed E-state index contributed by atoms with van der Waals surface area (Å²) in [5.74, 6) is 0. The molecular weight excluding hydrogens is 151 g/mol. The zero-order valence-electron chi connectivity index (χ0n) is 8.10. The Hall–Kier alpha value is -0.850. The van der Waals surface area contributed by atoms with E-state index in [1.54, 1.807) is 6.07 Å². The first-order valence-electron chi connectivity index (χ1n) is 4.50. The van der Waals surface area contributed by atoms with Crippen molar-refractivity contribution in [2.24, 2.45) is 0 Å². The van der Waals surface area contributed by atoms with E-state index in [1.165, 1.54) is 5.56 Å². The van der Waals surface area contributed by atoms with Gasteiger partial charge in [-0.1, -0.05) is 45.0 Å². The second-order valence-corrected chi connectivity index (χ2v) is 2.31. The van der Waals surface area contributed by atoms with Gasteiger partial charge in [0.2, 0.25) is 0 Å². The molecule has 0 aliphatic rings. The molecule has 0 saturated carbocycles. The summed E-state index contributed by atoms with van der Waals surface area (Å²) in [5.41, 5.74) is 1.98. The average Bonchev–Trinajstić information content (AvgIpc) is 2.21. The second kappa shape index (κ2) is 6.84. The van der Waals surface area contributed by atoms with Gasteiger partial charge in [-0.05, 0) is 17.5 Å². The molecule has 0 aliphatic heterocycles. The van der Waals surface area contributed by atoms with Gasteiger partial charge in [0.1, 0.15) is 6.67 Å². The third-order valence-electron chi connectivity index (χ3n) is 1.55. The lowest BCUT2D eigenvalue weighted by Crippen LogP contribution is -1.82. The molecule has 1 heteroatoms. The van der Waals surface area contributed by atoms with Crippen molar-refractivity contribution in [1.82, 2.24) is 0 Å². The second-order valence-electron chi connectivity index (χ2n) is 2.31. The molecule has 0 saturated heterocycles. The molecule has 0 bridgehead atoms. The molecule has 0 unspecified atom stereocenters. The predicted molar refractivity (Wildman–Crippen MR) is 52.0 cm³/mol. The van der Waals surface area contributed by atoms with Crippen LogP contribution in [-0.4, -0.2) is 0 Å². The van der Waals surface area contributed by atoms with Crippen LogP contribution in [0.2, 0.25) is 0 Å². The van der Waals surface area contributed by atoms with Crippen molar-refractivity contribution in [2.75, 3.05) is 0 Å². The summed E-state index contributed by atoms with van der Waals surface area (Å²) >= 11 is 0. The summed E-state index contributed by atoms with van der Waals surface area (Å²) in [6, 6.07) is 7.62. The number of hydrogen-bond acceptors (Lipinski definition) is 0. The first-order chi connectivity index (χ1) is 5.86. The van der Waals surface area contributed by atoms with Gasteiger partial charge in [0.05, 0.1) is 0 Å². The molecule has 12 heavy (non-hydrogen) atoms. The Morgan fingerprint density at radius 2 is 1.75 bits per heavy atom. The molecule has 1 aromatic carbocycles. The lowest BCUT2D eigenvalue weighted by atomic mass is 10.1. The van der Waals surface area contributed by atoms with E-state index in [0.717, 1.165) is 12.0 Å². The van der Waals surface area contributed by atoms with Gasteiger partial charge in [-0.2, -0.15) is 0 Å². The Bertz CT molecular complexity index is 187. The Labute approximate surface area is 74.4 Å². The Kier molecular flexibility index (Phi) is 6.35. The van der Waals surface area contributed by atoms with E-state index < -0.39 is 0 Å². The standard InChI is InChI=1S/C9H11F.C2H6/c1-2-8-4-3-5-9(6-8)7-10;1-2/h3-6H,2,7H2,1H3;1-2H3. The van der Waals surface area contributed by atoms with Gasteiger partial charge in [0.15, 0.2) is 0 Å². The monoisotopic (exact) mass is 168 g/mol. The average molecular weight is 168 g/mol. The highest BCUT2D eigenvalue weighted by molar-refractivity contribution is 5.22. The number of alkyl halides is 1. The zero-order valence-corrected chi connectivity index (χ0v) is 8.10. The van der Waals surface area contributed by atoms with E-state index in [9.17, 15) is 4.39 Å². The molecule has 0 amide bonds. The molecule has 1 aromatic rings. The van der Waals surface area contributed by atoms with Gasteiger partial charge in [-0.3, -0.25) is 0 Å². The molecule has 1 rings (SSSR count). The van der Waals surface area contributed by atoms with E-state index in [0.29, 0.717) is 0 Å². The predicted octanol–water partition coefficient (Wildman–Crippen LogP) is 3.74. The van der Waals surface area contributed by atoms with Crippen molar-refractivity contribution >= 4 is 0 Å². The van der Waals surface area contributed by atoms with Crippen LogP contribution >= 0.6 is 0 Å². The number of hydrogen-bond donors (Lipinski definition) is 0. The molecule has 0 radical (unpaired) electrons. The van der Waals surface area contributed by atoms with Gasteiger partial charge in [-0.25, -0.2) is 4.39 Å². The van der Waals surface area contributed by atoms with Crippen LogP contribution in [-0.2, 0) is 13.1 Å². The van der Waals surface area contributed by atoms with Crippen molar-refractivity contribution in [3.05, 3.63) is 35.4 Å². The van der Waals surface area contributed by atoms with Gasteiger partial charge in [0, 0.05) is 0 Å². The topological polar surface area (TPSA) is 0 Å². The fraction of sp³-hybridized carbons (Fsp3) is 0.455. The molecule has 68 valence electrons. The molecule has 0 atom stereocenters. The van der Waals surface area contributed by atoms with Gasteiger partial charge < -0.3 is 0 Å². The van der Waals surface area contributed by atoms with Crippen molar-refractivity contribution in [3.8, 4) is 0 Å². The highest BCUT2D eigenvalue weighted by Crippen LogP contribution is 2.06. The highest BCUT2D eigenvalue weighted by atomic mass is 19.1. The maximum absolute atomic E-state index is 12.0. The van der Waals surface area contributed by atoms with Crippen molar-refractivity contribution < 1.29 is 4.39 Å². The van der Waals surface area contributed by atoms with Gasteiger partial charge in [0.25, 0.3) is 0 Å². The lowest BCUT2D eigenvalue weighted by Gasteiger charge is -1.97. The van der Waals surface area contributed by atoms with Crippen LogP contribution in [0.25, 0.3) is 0 Å². The van der Waals surface area contributed by atoms with Gasteiger partial charge >= 0.3 is 0 Å². The fourth-order valence-corrected chi connectivity index (χ4v) is 0.933. The summed E-state index contributed by atoms with van der Waals surface area (Å²) in [7, 11) is 0. The van der Waals surface area contributed by atoms with Crippen LogP contribution in [0.5, 0.6) is 0 Å². The largest absolute Gasteiger partial charge is 0.246 e. The number of benzene rings is 1. The third-order valence-corrected chi connectivity index (χ3v) is 1.55. The molecule has 0 aliphatic carbocycles. The Balaban J connectivity index is 0.000000561. The molecule has 0 N–H and O–H groups in total. The molecule has 0 fully saturated rings. The van der Waals surface area contributed by atoms with Crippen molar-refractivity contribution in [3.63, 3.8) is 0 Å². The zero-order chi connectivity index (χ0) is 9.40. The minimum absolute atomic E-state index is 0.353. The number of aryl methyl sites for hydroxylation is 1. The van der Waals surface area contributed by atoms with Crippen molar-refractivity contribution in [2.45, 2.75) is 33.9 Å². The molecule has 0 aromatic heterocycles. The summed E-state index contributed by atoms with van der Waals surface area (Å²) in [6.45, 7) is 5.71. The summed E-state index contributed by atoms with van der Waals surface area (Å²) < 4.78 is 12.0.